The first-order chi connectivity index (χ1) is 12.7. The SMILES string of the molecule is Cc1ccc(OCCc2cccc(NC(=O)OC(C)(C)C)c2)c(F)c1C=O. The molecule has 2 aromatic rings. The van der Waals surface area contributed by atoms with Gasteiger partial charge in [0.05, 0.1) is 12.2 Å². The zero-order valence-electron chi connectivity index (χ0n) is 16.0. The molecule has 1 amide bonds. The number of ether oxygens (including phenoxy) is 2. The molecule has 0 aromatic heterocycles. The van der Waals surface area contributed by atoms with Crippen LogP contribution in [0.25, 0.3) is 0 Å². The van der Waals surface area contributed by atoms with Crippen LogP contribution in [0.5, 0.6) is 5.75 Å². The van der Waals surface area contributed by atoms with E-state index in [1.54, 1.807) is 52.0 Å². The molecule has 1 N–H and O–H groups in total. The molecule has 27 heavy (non-hydrogen) atoms. The number of amides is 1. The molecule has 2 rings (SSSR count). The predicted molar refractivity (Wildman–Crippen MR) is 102 cm³/mol. The second-order valence-corrected chi connectivity index (χ2v) is 7.15. The third kappa shape index (κ3) is 6.09. The van der Waals surface area contributed by atoms with E-state index in [2.05, 4.69) is 5.32 Å². The summed E-state index contributed by atoms with van der Waals surface area (Å²) in [6.07, 6.45) is 0.468. The molecule has 0 atom stereocenters. The second-order valence-electron chi connectivity index (χ2n) is 7.15. The largest absolute Gasteiger partial charge is 0.490 e. The summed E-state index contributed by atoms with van der Waals surface area (Å²) >= 11 is 0. The van der Waals surface area contributed by atoms with E-state index in [1.165, 1.54) is 6.07 Å². The lowest BCUT2D eigenvalue weighted by Gasteiger charge is -2.19. The molecule has 0 aliphatic carbocycles. The Labute approximate surface area is 158 Å². The van der Waals surface area contributed by atoms with Gasteiger partial charge in [-0.05, 0) is 57.0 Å². The molecule has 0 fully saturated rings. The molecule has 0 unspecified atom stereocenters. The zero-order valence-corrected chi connectivity index (χ0v) is 16.0. The van der Waals surface area contributed by atoms with Gasteiger partial charge in [0.15, 0.2) is 17.9 Å². The minimum atomic E-state index is -0.648. The van der Waals surface area contributed by atoms with Crippen molar-refractivity contribution in [3.63, 3.8) is 0 Å². The van der Waals surface area contributed by atoms with E-state index >= 15 is 0 Å². The summed E-state index contributed by atoms with van der Waals surface area (Å²) in [5.41, 5.74) is 1.51. The van der Waals surface area contributed by atoms with Gasteiger partial charge < -0.3 is 9.47 Å². The van der Waals surface area contributed by atoms with Crippen LogP contribution in [0.1, 0.15) is 42.3 Å². The normalized spacial score (nSPS) is 11.0. The average Bonchev–Trinajstić information content (AvgIpc) is 2.56. The Morgan fingerprint density at radius 1 is 1.22 bits per heavy atom. The van der Waals surface area contributed by atoms with Gasteiger partial charge in [-0.15, -0.1) is 0 Å². The molecule has 144 valence electrons. The summed E-state index contributed by atoms with van der Waals surface area (Å²) in [6, 6.07) is 10.4. The van der Waals surface area contributed by atoms with E-state index in [9.17, 15) is 14.0 Å². The van der Waals surface area contributed by atoms with Crippen molar-refractivity contribution >= 4 is 18.1 Å². The van der Waals surface area contributed by atoms with Crippen LogP contribution in [0.4, 0.5) is 14.9 Å². The van der Waals surface area contributed by atoms with E-state index in [0.29, 0.717) is 24.0 Å². The van der Waals surface area contributed by atoms with Crippen LogP contribution in [0.2, 0.25) is 0 Å². The Hall–Kier alpha value is -2.89. The third-order valence-corrected chi connectivity index (χ3v) is 3.70. The van der Waals surface area contributed by atoms with Gasteiger partial charge in [0.25, 0.3) is 0 Å². The topological polar surface area (TPSA) is 64.6 Å². The van der Waals surface area contributed by atoms with Crippen molar-refractivity contribution in [2.75, 3.05) is 11.9 Å². The van der Waals surface area contributed by atoms with Crippen molar-refractivity contribution in [3.8, 4) is 5.75 Å². The van der Waals surface area contributed by atoms with E-state index in [4.69, 9.17) is 9.47 Å². The second kappa shape index (κ2) is 8.66. The maximum Gasteiger partial charge on any atom is 0.412 e. The minimum Gasteiger partial charge on any atom is -0.490 e. The molecule has 0 saturated carbocycles. The van der Waals surface area contributed by atoms with Crippen LogP contribution in [-0.2, 0) is 11.2 Å². The number of anilines is 1. The Bertz CT molecular complexity index is 827. The van der Waals surface area contributed by atoms with Gasteiger partial charge in [-0.25, -0.2) is 9.18 Å². The lowest BCUT2D eigenvalue weighted by Crippen LogP contribution is -2.27. The van der Waals surface area contributed by atoms with Gasteiger partial charge in [0, 0.05) is 12.1 Å². The van der Waals surface area contributed by atoms with Crippen molar-refractivity contribution in [2.24, 2.45) is 0 Å². The predicted octanol–water partition coefficient (Wildman–Crippen LogP) is 4.92. The molecule has 6 heteroatoms. The first-order valence-corrected chi connectivity index (χ1v) is 8.65. The molecule has 0 saturated heterocycles. The fraction of sp³-hybridized carbons (Fsp3) is 0.333. The number of halogens is 1. The quantitative estimate of drug-likeness (QED) is 0.730. The molecule has 0 bridgehead atoms. The fourth-order valence-electron chi connectivity index (χ4n) is 2.43. The number of carbonyl (C=O) groups excluding carboxylic acids is 2. The number of benzene rings is 2. The number of carbonyl (C=O) groups is 2. The molecule has 0 aliphatic heterocycles. The smallest absolute Gasteiger partial charge is 0.412 e. The van der Waals surface area contributed by atoms with Crippen LogP contribution < -0.4 is 10.1 Å². The highest BCUT2D eigenvalue weighted by atomic mass is 19.1. The van der Waals surface area contributed by atoms with E-state index in [1.807, 2.05) is 6.07 Å². The lowest BCUT2D eigenvalue weighted by molar-refractivity contribution is 0.0636. The van der Waals surface area contributed by atoms with Crippen molar-refractivity contribution in [3.05, 3.63) is 58.9 Å². The maximum absolute atomic E-state index is 14.2. The van der Waals surface area contributed by atoms with Crippen molar-refractivity contribution < 1.29 is 23.5 Å². The summed E-state index contributed by atoms with van der Waals surface area (Å²) < 4.78 is 24.9. The standard InChI is InChI=1S/C21H24FNO4/c1-14-8-9-18(19(22)17(14)13-24)26-11-10-15-6-5-7-16(12-15)23-20(25)27-21(2,3)4/h5-9,12-13H,10-11H2,1-4H3,(H,23,25). The zero-order chi connectivity index (χ0) is 20.0. The van der Waals surface area contributed by atoms with Crippen molar-refractivity contribution in [1.82, 2.24) is 0 Å². The average molecular weight is 373 g/mol. The Balaban J connectivity index is 1.96. The first kappa shape index (κ1) is 20.4. The summed E-state index contributed by atoms with van der Waals surface area (Å²) in [7, 11) is 0. The van der Waals surface area contributed by atoms with Crippen LogP contribution in [0.15, 0.2) is 36.4 Å². The molecule has 0 heterocycles. The first-order valence-electron chi connectivity index (χ1n) is 8.65. The molecule has 0 aliphatic rings. The van der Waals surface area contributed by atoms with Crippen LogP contribution in [0, 0.1) is 12.7 Å². The number of nitrogens with one attached hydrogen (secondary N) is 1. The number of hydrogen-bond acceptors (Lipinski definition) is 4. The fourth-order valence-corrected chi connectivity index (χ4v) is 2.43. The van der Waals surface area contributed by atoms with E-state index in [-0.39, 0.29) is 17.9 Å². The van der Waals surface area contributed by atoms with E-state index < -0.39 is 17.5 Å². The number of rotatable bonds is 6. The summed E-state index contributed by atoms with van der Waals surface area (Å²) in [4.78, 5) is 22.8. The van der Waals surface area contributed by atoms with Crippen LogP contribution in [-0.4, -0.2) is 24.6 Å². The van der Waals surface area contributed by atoms with E-state index in [0.717, 1.165) is 5.56 Å². The van der Waals surface area contributed by atoms with Gasteiger partial charge in [-0.2, -0.15) is 0 Å². The summed E-state index contributed by atoms with van der Waals surface area (Å²) in [5.74, 6) is -0.601. The Morgan fingerprint density at radius 3 is 2.63 bits per heavy atom. The summed E-state index contributed by atoms with van der Waals surface area (Å²) in [6.45, 7) is 7.27. The van der Waals surface area contributed by atoms with Gasteiger partial charge in [-0.1, -0.05) is 18.2 Å². The Kier molecular flexibility index (Phi) is 6.55. The molecular weight excluding hydrogens is 349 g/mol. The number of hydrogen-bond donors (Lipinski definition) is 1. The van der Waals surface area contributed by atoms with Gasteiger partial charge >= 0.3 is 6.09 Å². The highest BCUT2D eigenvalue weighted by molar-refractivity contribution is 5.85. The molecule has 5 nitrogen and oxygen atoms in total. The van der Waals surface area contributed by atoms with Crippen LogP contribution in [0.3, 0.4) is 0 Å². The van der Waals surface area contributed by atoms with Gasteiger partial charge in [-0.3, -0.25) is 10.1 Å². The van der Waals surface area contributed by atoms with Crippen LogP contribution >= 0.6 is 0 Å². The third-order valence-electron chi connectivity index (χ3n) is 3.70. The van der Waals surface area contributed by atoms with Gasteiger partial charge in [0.2, 0.25) is 0 Å². The monoisotopic (exact) mass is 373 g/mol. The molecular formula is C21H24FNO4. The number of aldehydes is 1. The number of aryl methyl sites for hydroxylation is 1. The Morgan fingerprint density at radius 2 is 1.96 bits per heavy atom. The lowest BCUT2D eigenvalue weighted by atomic mass is 10.1. The summed E-state index contributed by atoms with van der Waals surface area (Å²) in [5, 5.41) is 2.68. The molecule has 0 radical (unpaired) electrons. The maximum atomic E-state index is 14.2. The minimum absolute atomic E-state index is 0.0102. The van der Waals surface area contributed by atoms with Crippen molar-refractivity contribution in [2.45, 2.75) is 39.7 Å². The van der Waals surface area contributed by atoms with Gasteiger partial charge in [0.1, 0.15) is 5.60 Å². The molecule has 0 spiro atoms. The molecule has 2 aromatic carbocycles. The highest BCUT2D eigenvalue weighted by Crippen LogP contribution is 2.23. The van der Waals surface area contributed by atoms with Crippen molar-refractivity contribution in [1.29, 1.82) is 0 Å². The highest BCUT2D eigenvalue weighted by Gasteiger charge is 2.16.